The van der Waals surface area contributed by atoms with Crippen molar-refractivity contribution in [1.29, 1.82) is 0 Å². The molecule has 0 saturated carbocycles. The highest BCUT2D eigenvalue weighted by Crippen LogP contribution is 2.30. The molecule has 0 aliphatic heterocycles. The molecule has 0 heterocycles. The van der Waals surface area contributed by atoms with Crippen LogP contribution in [-0.4, -0.2) is 4.92 Å². The second-order valence-electron chi connectivity index (χ2n) is 3.67. The minimum atomic E-state index is -1.26. The second-order valence-corrected chi connectivity index (χ2v) is 3.67. The lowest BCUT2D eigenvalue weighted by molar-refractivity contribution is -0.387. The smallest absolute Gasteiger partial charge is 0.294 e. The van der Waals surface area contributed by atoms with Crippen LogP contribution in [0.5, 0.6) is 0 Å². The van der Waals surface area contributed by atoms with Gasteiger partial charge in [-0.1, -0.05) is 0 Å². The zero-order valence-electron chi connectivity index (χ0n) is 8.66. The Morgan fingerprint density at radius 1 is 1.38 bits per heavy atom. The fourth-order valence-electron chi connectivity index (χ4n) is 1.20. The van der Waals surface area contributed by atoms with Crippen molar-refractivity contribution >= 4 is 5.69 Å². The predicted molar refractivity (Wildman–Crippen MR) is 51.3 cm³/mol. The lowest BCUT2D eigenvalue weighted by Gasteiger charge is -2.22. The summed E-state index contributed by atoms with van der Waals surface area (Å²) in [6.45, 7) is 2.83. The van der Waals surface area contributed by atoms with Crippen molar-refractivity contribution in [2.24, 2.45) is 5.90 Å². The molecule has 0 spiro atoms. The molecule has 1 aromatic carbocycles. The molecule has 1 aromatic rings. The topological polar surface area (TPSA) is 78.4 Å². The number of nitrogens with zero attached hydrogens (tertiary/aromatic N) is 1. The Labute approximate surface area is 89.9 Å². The molecule has 0 saturated heterocycles. The van der Waals surface area contributed by atoms with E-state index >= 15 is 0 Å². The number of halogens is 2. The van der Waals surface area contributed by atoms with Gasteiger partial charge >= 0.3 is 5.69 Å². The standard InChI is InChI=1S/C9H10F2N2O3/c1-9(2,16-12)5-3-7(11)8(13(14)15)4-6(5)10/h3-4H,12H2,1-2H3. The summed E-state index contributed by atoms with van der Waals surface area (Å²) in [6.07, 6.45) is 0. The number of benzene rings is 1. The van der Waals surface area contributed by atoms with Crippen LogP contribution in [0, 0.1) is 21.7 Å². The molecule has 0 bridgehead atoms. The molecule has 16 heavy (non-hydrogen) atoms. The molecule has 0 aliphatic carbocycles. The van der Waals surface area contributed by atoms with E-state index in [1.54, 1.807) is 0 Å². The summed E-state index contributed by atoms with van der Waals surface area (Å²) in [6, 6.07) is 1.21. The third-order valence-electron chi connectivity index (χ3n) is 2.18. The van der Waals surface area contributed by atoms with Crippen LogP contribution in [0.2, 0.25) is 0 Å². The van der Waals surface area contributed by atoms with Gasteiger partial charge in [-0.05, 0) is 19.9 Å². The maximum atomic E-state index is 13.5. The Bertz CT molecular complexity index is 435. The van der Waals surface area contributed by atoms with Gasteiger partial charge in [0.25, 0.3) is 0 Å². The molecule has 0 atom stereocenters. The largest absolute Gasteiger partial charge is 0.307 e. The third-order valence-corrected chi connectivity index (χ3v) is 2.18. The van der Waals surface area contributed by atoms with Gasteiger partial charge in [-0.25, -0.2) is 10.3 Å². The zero-order chi connectivity index (χ0) is 12.5. The molecule has 7 heteroatoms. The van der Waals surface area contributed by atoms with Crippen LogP contribution in [0.1, 0.15) is 19.4 Å². The average molecular weight is 232 g/mol. The Morgan fingerprint density at radius 3 is 2.38 bits per heavy atom. The van der Waals surface area contributed by atoms with Gasteiger partial charge in [0.1, 0.15) is 11.4 Å². The molecular weight excluding hydrogens is 222 g/mol. The lowest BCUT2D eigenvalue weighted by Crippen LogP contribution is -2.26. The maximum Gasteiger partial charge on any atom is 0.307 e. The third kappa shape index (κ3) is 2.15. The summed E-state index contributed by atoms with van der Waals surface area (Å²) in [5, 5.41) is 10.3. The van der Waals surface area contributed by atoms with E-state index < -0.39 is 27.8 Å². The molecular formula is C9H10F2N2O3. The van der Waals surface area contributed by atoms with E-state index in [0.29, 0.717) is 12.1 Å². The van der Waals surface area contributed by atoms with E-state index in [2.05, 4.69) is 4.84 Å². The van der Waals surface area contributed by atoms with E-state index in [1.165, 1.54) is 13.8 Å². The molecule has 88 valence electrons. The second kappa shape index (κ2) is 4.11. The molecule has 0 radical (unpaired) electrons. The number of rotatable bonds is 3. The van der Waals surface area contributed by atoms with Crippen molar-refractivity contribution in [3.05, 3.63) is 39.4 Å². The summed E-state index contributed by atoms with van der Waals surface area (Å²) in [4.78, 5) is 13.8. The number of hydrogen-bond donors (Lipinski definition) is 1. The normalized spacial score (nSPS) is 11.6. The first-order valence-corrected chi connectivity index (χ1v) is 4.31. The summed E-state index contributed by atoms with van der Waals surface area (Å²) in [5.41, 5.74) is -2.37. The monoisotopic (exact) mass is 232 g/mol. The van der Waals surface area contributed by atoms with Gasteiger partial charge in [0, 0.05) is 5.56 Å². The van der Waals surface area contributed by atoms with E-state index in [1.807, 2.05) is 0 Å². The Balaban J connectivity index is 3.37. The van der Waals surface area contributed by atoms with Crippen LogP contribution in [0.3, 0.4) is 0 Å². The van der Waals surface area contributed by atoms with Gasteiger partial charge in [-0.15, -0.1) is 0 Å². The summed E-state index contributed by atoms with van der Waals surface area (Å²) >= 11 is 0. The first kappa shape index (κ1) is 12.5. The van der Waals surface area contributed by atoms with Crippen LogP contribution in [0.15, 0.2) is 12.1 Å². The molecule has 0 amide bonds. The highest BCUT2D eigenvalue weighted by atomic mass is 19.1. The molecule has 0 aliphatic rings. The van der Waals surface area contributed by atoms with Crippen molar-refractivity contribution in [3.8, 4) is 0 Å². The van der Waals surface area contributed by atoms with Crippen LogP contribution in [0.4, 0.5) is 14.5 Å². The molecule has 0 fully saturated rings. The summed E-state index contributed by atoms with van der Waals surface area (Å²) < 4.78 is 26.7. The first-order valence-electron chi connectivity index (χ1n) is 4.31. The minimum absolute atomic E-state index is 0.182. The molecule has 0 unspecified atom stereocenters. The molecule has 5 nitrogen and oxygen atoms in total. The fourth-order valence-corrected chi connectivity index (χ4v) is 1.20. The molecule has 0 aromatic heterocycles. The van der Waals surface area contributed by atoms with Crippen LogP contribution in [-0.2, 0) is 10.4 Å². The van der Waals surface area contributed by atoms with Gasteiger partial charge in [-0.2, -0.15) is 4.39 Å². The predicted octanol–water partition coefficient (Wildman–Crippen LogP) is 2.00. The average Bonchev–Trinajstić information content (AvgIpc) is 2.20. The number of nitrogens with two attached hydrogens (primary N) is 1. The van der Waals surface area contributed by atoms with Gasteiger partial charge in [0.05, 0.1) is 11.0 Å². The van der Waals surface area contributed by atoms with Crippen molar-refractivity contribution in [2.75, 3.05) is 0 Å². The quantitative estimate of drug-likeness (QED) is 0.638. The van der Waals surface area contributed by atoms with E-state index in [0.717, 1.165) is 0 Å². The zero-order valence-corrected chi connectivity index (χ0v) is 8.66. The Morgan fingerprint density at radius 2 is 1.94 bits per heavy atom. The highest BCUT2D eigenvalue weighted by molar-refractivity contribution is 5.38. The van der Waals surface area contributed by atoms with Crippen molar-refractivity contribution < 1.29 is 18.5 Å². The SMILES string of the molecule is CC(C)(ON)c1cc(F)c([N+](=O)[O-])cc1F. The van der Waals surface area contributed by atoms with E-state index in [9.17, 15) is 18.9 Å². The van der Waals surface area contributed by atoms with Crippen molar-refractivity contribution in [2.45, 2.75) is 19.4 Å². The maximum absolute atomic E-state index is 13.5. The van der Waals surface area contributed by atoms with Crippen LogP contribution < -0.4 is 5.90 Å². The number of nitro groups is 1. The summed E-state index contributed by atoms with van der Waals surface area (Å²) in [5.74, 6) is 2.86. The molecule has 1 rings (SSSR count). The van der Waals surface area contributed by atoms with Gasteiger partial charge in [0.2, 0.25) is 5.82 Å². The van der Waals surface area contributed by atoms with Gasteiger partial charge in [0.15, 0.2) is 0 Å². The van der Waals surface area contributed by atoms with E-state index in [-0.39, 0.29) is 5.56 Å². The fraction of sp³-hybridized carbons (Fsp3) is 0.333. The van der Waals surface area contributed by atoms with Gasteiger partial charge in [-0.3, -0.25) is 15.0 Å². The van der Waals surface area contributed by atoms with Crippen LogP contribution in [0.25, 0.3) is 0 Å². The number of hydrogen-bond acceptors (Lipinski definition) is 4. The number of nitro benzene ring substituents is 1. The van der Waals surface area contributed by atoms with Crippen LogP contribution >= 0.6 is 0 Å². The Kier molecular flexibility index (Phi) is 3.20. The Hall–Kier alpha value is -1.60. The van der Waals surface area contributed by atoms with E-state index in [4.69, 9.17) is 5.90 Å². The molecule has 2 N–H and O–H groups in total. The van der Waals surface area contributed by atoms with Crippen molar-refractivity contribution in [3.63, 3.8) is 0 Å². The van der Waals surface area contributed by atoms with Crippen molar-refractivity contribution in [1.82, 2.24) is 0 Å². The van der Waals surface area contributed by atoms with Gasteiger partial charge < -0.3 is 0 Å². The highest BCUT2D eigenvalue weighted by Gasteiger charge is 2.28. The minimum Gasteiger partial charge on any atom is -0.294 e. The lowest BCUT2D eigenvalue weighted by atomic mass is 9.97. The first-order chi connectivity index (χ1) is 7.29. The summed E-state index contributed by atoms with van der Waals surface area (Å²) in [7, 11) is 0.